The van der Waals surface area contributed by atoms with Gasteiger partial charge < -0.3 is 15.2 Å². The van der Waals surface area contributed by atoms with E-state index in [2.05, 4.69) is 4.98 Å². The van der Waals surface area contributed by atoms with Crippen molar-refractivity contribution in [3.05, 3.63) is 17.8 Å². The predicted molar refractivity (Wildman–Crippen MR) is 67.5 cm³/mol. The van der Waals surface area contributed by atoms with E-state index < -0.39 is 5.97 Å². The molecular formula is C13H18N2O3. The van der Waals surface area contributed by atoms with Crippen LogP contribution >= 0.6 is 0 Å². The van der Waals surface area contributed by atoms with Crippen molar-refractivity contribution in [3.8, 4) is 5.88 Å². The topological polar surface area (TPSA) is 74.4 Å². The van der Waals surface area contributed by atoms with Gasteiger partial charge in [0, 0.05) is 0 Å². The maximum absolute atomic E-state index is 11.6. The summed E-state index contributed by atoms with van der Waals surface area (Å²) in [6.45, 7) is 0. The molecule has 0 bridgehead atoms. The first-order valence-corrected chi connectivity index (χ1v) is 6.21. The number of hydrogen-bond donors (Lipinski definition) is 1. The fourth-order valence-electron chi connectivity index (χ4n) is 2.16. The number of methoxy groups -OCH3 is 1. The molecule has 18 heavy (non-hydrogen) atoms. The number of rotatable bonds is 3. The van der Waals surface area contributed by atoms with Crippen LogP contribution in [0.15, 0.2) is 12.3 Å². The molecule has 5 nitrogen and oxygen atoms in total. The molecule has 0 spiro atoms. The van der Waals surface area contributed by atoms with Gasteiger partial charge in [-0.25, -0.2) is 9.78 Å². The molecule has 1 aromatic heterocycles. The summed E-state index contributed by atoms with van der Waals surface area (Å²) in [5.41, 5.74) is 6.34. The summed E-state index contributed by atoms with van der Waals surface area (Å²) >= 11 is 0. The number of carbonyl (C=O) groups is 1. The van der Waals surface area contributed by atoms with Gasteiger partial charge in [-0.2, -0.15) is 0 Å². The van der Waals surface area contributed by atoms with Gasteiger partial charge in [-0.05, 0) is 31.7 Å². The first-order valence-electron chi connectivity index (χ1n) is 6.21. The van der Waals surface area contributed by atoms with E-state index in [1.54, 1.807) is 0 Å². The monoisotopic (exact) mass is 250 g/mol. The van der Waals surface area contributed by atoms with Crippen molar-refractivity contribution in [1.29, 1.82) is 0 Å². The van der Waals surface area contributed by atoms with Crippen LogP contribution < -0.4 is 10.5 Å². The summed E-state index contributed by atoms with van der Waals surface area (Å²) in [5.74, 6) is -0.149. The fraction of sp³-hybridized carbons (Fsp3) is 0.538. The Balaban J connectivity index is 2.17. The Bertz CT molecular complexity index is 428. The van der Waals surface area contributed by atoms with Gasteiger partial charge in [-0.3, -0.25) is 0 Å². The molecule has 1 saturated carbocycles. The average molecular weight is 250 g/mol. The molecule has 0 aromatic carbocycles. The quantitative estimate of drug-likeness (QED) is 0.832. The van der Waals surface area contributed by atoms with E-state index in [0.717, 1.165) is 25.7 Å². The third-order valence-corrected chi connectivity index (χ3v) is 3.11. The molecule has 0 unspecified atom stereocenters. The Morgan fingerprint density at radius 2 is 2.11 bits per heavy atom. The van der Waals surface area contributed by atoms with Crippen LogP contribution in [0.2, 0.25) is 0 Å². The van der Waals surface area contributed by atoms with Crippen molar-refractivity contribution in [2.45, 2.75) is 38.2 Å². The zero-order valence-corrected chi connectivity index (χ0v) is 10.5. The number of pyridine rings is 1. The van der Waals surface area contributed by atoms with Crippen molar-refractivity contribution in [2.75, 3.05) is 12.8 Å². The molecule has 0 atom stereocenters. The Labute approximate surface area is 106 Å². The van der Waals surface area contributed by atoms with Crippen LogP contribution in [0.5, 0.6) is 5.88 Å². The number of aromatic nitrogens is 1. The van der Waals surface area contributed by atoms with Crippen LogP contribution in [0.25, 0.3) is 0 Å². The van der Waals surface area contributed by atoms with Gasteiger partial charge in [0.05, 0.1) is 19.0 Å². The molecule has 0 amide bonds. The molecule has 1 aliphatic rings. The second kappa shape index (κ2) is 5.71. The second-order valence-corrected chi connectivity index (χ2v) is 4.49. The summed E-state index contributed by atoms with van der Waals surface area (Å²) in [4.78, 5) is 15.7. The fourth-order valence-corrected chi connectivity index (χ4v) is 2.16. The number of nitrogen functional groups attached to an aromatic ring is 1. The van der Waals surface area contributed by atoms with Gasteiger partial charge in [0.15, 0.2) is 0 Å². The zero-order chi connectivity index (χ0) is 13.0. The Morgan fingerprint density at radius 1 is 1.39 bits per heavy atom. The lowest BCUT2D eigenvalue weighted by Gasteiger charge is -2.23. The highest BCUT2D eigenvalue weighted by molar-refractivity contribution is 5.92. The van der Waals surface area contributed by atoms with Crippen molar-refractivity contribution in [1.82, 2.24) is 4.98 Å². The van der Waals surface area contributed by atoms with Crippen LogP contribution in [0.1, 0.15) is 42.5 Å². The van der Waals surface area contributed by atoms with Gasteiger partial charge in [-0.15, -0.1) is 0 Å². The molecule has 0 saturated heterocycles. The zero-order valence-electron chi connectivity index (χ0n) is 10.5. The third-order valence-electron chi connectivity index (χ3n) is 3.11. The number of nitrogens with zero attached hydrogens (tertiary/aromatic N) is 1. The second-order valence-electron chi connectivity index (χ2n) is 4.49. The minimum atomic E-state index is -0.472. The first-order chi connectivity index (χ1) is 8.70. The minimum absolute atomic E-state index is 0.137. The maximum atomic E-state index is 11.6. The largest absolute Gasteiger partial charge is 0.474 e. The van der Waals surface area contributed by atoms with Gasteiger partial charge in [0.2, 0.25) is 5.88 Å². The lowest BCUT2D eigenvalue weighted by molar-refractivity contribution is 0.0588. The van der Waals surface area contributed by atoms with Crippen LogP contribution in [0.4, 0.5) is 5.69 Å². The summed E-state index contributed by atoms with van der Waals surface area (Å²) in [6, 6.07) is 1.54. The van der Waals surface area contributed by atoms with Crippen LogP contribution in [-0.4, -0.2) is 24.2 Å². The van der Waals surface area contributed by atoms with E-state index in [4.69, 9.17) is 15.2 Å². The molecule has 1 heterocycles. The van der Waals surface area contributed by atoms with E-state index in [-0.39, 0.29) is 6.10 Å². The highest BCUT2D eigenvalue weighted by Crippen LogP contribution is 2.25. The van der Waals surface area contributed by atoms with Gasteiger partial charge in [0.1, 0.15) is 11.7 Å². The van der Waals surface area contributed by atoms with E-state index in [1.165, 1.54) is 25.8 Å². The van der Waals surface area contributed by atoms with E-state index >= 15 is 0 Å². The summed E-state index contributed by atoms with van der Waals surface area (Å²) in [5, 5.41) is 0. The molecule has 1 fully saturated rings. The van der Waals surface area contributed by atoms with Crippen molar-refractivity contribution < 1.29 is 14.3 Å². The molecule has 0 radical (unpaired) electrons. The molecule has 2 rings (SSSR count). The lowest BCUT2D eigenvalue weighted by atomic mass is 9.98. The number of carbonyl (C=O) groups excluding carboxylic acids is 1. The van der Waals surface area contributed by atoms with Crippen molar-refractivity contribution >= 4 is 11.7 Å². The Hall–Kier alpha value is -1.78. The number of esters is 1. The standard InChI is InChI=1S/C13H18N2O3/c1-17-13(16)11-7-9(14)8-15-12(11)18-10-5-3-2-4-6-10/h7-8,10H,2-6,14H2,1H3. The third kappa shape index (κ3) is 2.91. The van der Waals surface area contributed by atoms with Crippen molar-refractivity contribution in [3.63, 3.8) is 0 Å². The van der Waals surface area contributed by atoms with Crippen LogP contribution in [0.3, 0.4) is 0 Å². The van der Waals surface area contributed by atoms with E-state index in [1.807, 2.05) is 0 Å². The Kier molecular flexibility index (Phi) is 4.02. The number of ether oxygens (including phenoxy) is 2. The highest BCUT2D eigenvalue weighted by Gasteiger charge is 2.20. The molecule has 98 valence electrons. The first kappa shape index (κ1) is 12.7. The summed E-state index contributed by atoms with van der Waals surface area (Å²) < 4.78 is 10.5. The number of hydrogen-bond acceptors (Lipinski definition) is 5. The van der Waals surface area contributed by atoms with Gasteiger partial charge in [-0.1, -0.05) is 6.42 Å². The highest BCUT2D eigenvalue weighted by atomic mass is 16.5. The number of nitrogens with two attached hydrogens (primary N) is 1. The lowest BCUT2D eigenvalue weighted by Crippen LogP contribution is -2.21. The Morgan fingerprint density at radius 3 is 2.78 bits per heavy atom. The summed E-state index contributed by atoms with van der Waals surface area (Å²) in [6.07, 6.45) is 7.21. The predicted octanol–water partition coefficient (Wildman–Crippen LogP) is 2.16. The van der Waals surface area contributed by atoms with E-state index in [9.17, 15) is 4.79 Å². The molecule has 1 aromatic rings. The van der Waals surface area contributed by atoms with Crippen molar-refractivity contribution in [2.24, 2.45) is 0 Å². The van der Waals surface area contributed by atoms with E-state index in [0.29, 0.717) is 17.1 Å². The molecular weight excluding hydrogens is 232 g/mol. The minimum Gasteiger partial charge on any atom is -0.474 e. The smallest absolute Gasteiger partial charge is 0.343 e. The van der Waals surface area contributed by atoms with Crippen LogP contribution in [-0.2, 0) is 4.74 Å². The summed E-state index contributed by atoms with van der Waals surface area (Å²) in [7, 11) is 1.33. The number of anilines is 1. The molecule has 5 heteroatoms. The molecule has 2 N–H and O–H groups in total. The van der Waals surface area contributed by atoms with Crippen LogP contribution in [0, 0.1) is 0 Å². The normalized spacial score (nSPS) is 16.3. The maximum Gasteiger partial charge on any atom is 0.343 e. The van der Waals surface area contributed by atoms with Gasteiger partial charge in [0.25, 0.3) is 0 Å². The molecule has 0 aliphatic heterocycles. The molecule has 1 aliphatic carbocycles. The SMILES string of the molecule is COC(=O)c1cc(N)cnc1OC1CCCCC1. The average Bonchev–Trinajstić information content (AvgIpc) is 2.41. The van der Waals surface area contributed by atoms with Gasteiger partial charge >= 0.3 is 5.97 Å².